The Morgan fingerprint density at radius 2 is 2.44 bits per heavy atom. The van der Waals surface area contributed by atoms with Crippen molar-refractivity contribution >= 4 is 5.97 Å². The third-order valence-electron chi connectivity index (χ3n) is 2.61. The number of unbranched alkanes of at least 4 members (excludes halogenated alkanes) is 1. The Bertz CT molecular complexity index is 240. The van der Waals surface area contributed by atoms with Crippen LogP contribution in [0, 0.1) is 0 Å². The van der Waals surface area contributed by atoms with E-state index in [4.69, 9.17) is 4.74 Å². The monoisotopic (exact) mass is 227 g/mol. The lowest BCUT2D eigenvalue weighted by molar-refractivity contribution is -0.137. The summed E-state index contributed by atoms with van der Waals surface area (Å²) in [7, 11) is 0. The summed E-state index contributed by atoms with van der Waals surface area (Å²) in [6.45, 7) is 4.87. The summed E-state index contributed by atoms with van der Waals surface area (Å²) in [6.07, 6.45) is 5.84. The van der Waals surface area contributed by atoms with Gasteiger partial charge < -0.3 is 9.84 Å². The van der Waals surface area contributed by atoms with E-state index in [0.29, 0.717) is 19.7 Å². The van der Waals surface area contributed by atoms with Gasteiger partial charge >= 0.3 is 5.97 Å². The lowest BCUT2D eigenvalue weighted by Crippen LogP contribution is -2.22. The van der Waals surface area contributed by atoms with E-state index in [1.54, 1.807) is 6.08 Å². The smallest absolute Gasteiger partial charge is 0.330 e. The predicted octanol–water partition coefficient (Wildman–Crippen LogP) is 0.953. The third-order valence-corrected chi connectivity index (χ3v) is 2.61. The number of esters is 1. The number of likely N-dealkylation sites (tertiary alicyclic amines) is 1. The van der Waals surface area contributed by atoms with Crippen LogP contribution in [-0.4, -0.2) is 48.3 Å². The zero-order valence-electron chi connectivity index (χ0n) is 9.89. The van der Waals surface area contributed by atoms with E-state index < -0.39 is 0 Å². The molecule has 1 aliphatic heterocycles. The number of rotatable bonds is 6. The van der Waals surface area contributed by atoms with Crippen molar-refractivity contribution in [3.63, 3.8) is 0 Å². The van der Waals surface area contributed by atoms with Crippen molar-refractivity contribution in [2.45, 2.75) is 32.3 Å². The minimum atomic E-state index is -0.270. The molecule has 0 bridgehead atoms. The van der Waals surface area contributed by atoms with Crippen LogP contribution in [0.4, 0.5) is 0 Å². The van der Waals surface area contributed by atoms with Gasteiger partial charge in [0.15, 0.2) is 0 Å². The van der Waals surface area contributed by atoms with Crippen LogP contribution in [0.5, 0.6) is 0 Å². The third kappa shape index (κ3) is 5.28. The summed E-state index contributed by atoms with van der Waals surface area (Å²) in [5.41, 5.74) is 0. The van der Waals surface area contributed by atoms with Crippen LogP contribution in [0.3, 0.4) is 0 Å². The molecule has 1 heterocycles. The average molecular weight is 227 g/mol. The second kappa shape index (κ2) is 7.41. The fourth-order valence-corrected chi connectivity index (χ4v) is 1.64. The van der Waals surface area contributed by atoms with E-state index in [0.717, 1.165) is 25.8 Å². The highest BCUT2D eigenvalue weighted by Crippen LogP contribution is 2.07. The Morgan fingerprint density at radius 1 is 1.62 bits per heavy atom. The number of aliphatic hydroxyl groups is 1. The second-order valence-corrected chi connectivity index (χ2v) is 4.13. The number of carbonyl (C=O) groups is 1. The van der Waals surface area contributed by atoms with Gasteiger partial charge in [0.1, 0.15) is 0 Å². The molecule has 1 atom stereocenters. The first kappa shape index (κ1) is 13.2. The van der Waals surface area contributed by atoms with E-state index in [9.17, 15) is 9.90 Å². The zero-order valence-corrected chi connectivity index (χ0v) is 9.89. The fraction of sp³-hybridized carbons (Fsp3) is 0.750. The van der Waals surface area contributed by atoms with Crippen LogP contribution >= 0.6 is 0 Å². The minimum absolute atomic E-state index is 0.204. The first-order chi connectivity index (χ1) is 7.72. The number of ether oxygens (including phenoxy) is 1. The Balaban J connectivity index is 2.09. The van der Waals surface area contributed by atoms with Gasteiger partial charge in [0, 0.05) is 25.7 Å². The van der Waals surface area contributed by atoms with Gasteiger partial charge in [-0.05, 0) is 12.8 Å². The van der Waals surface area contributed by atoms with Crippen molar-refractivity contribution in [2.75, 3.05) is 26.2 Å². The van der Waals surface area contributed by atoms with E-state index in [2.05, 4.69) is 11.8 Å². The van der Waals surface area contributed by atoms with E-state index in [1.165, 1.54) is 6.08 Å². The van der Waals surface area contributed by atoms with E-state index in [1.807, 2.05) is 0 Å². The van der Waals surface area contributed by atoms with Gasteiger partial charge in [-0.3, -0.25) is 4.90 Å². The fourth-order valence-electron chi connectivity index (χ4n) is 1.64. The van der Waals surface area contributed by atoms with Crippen LogP contribution < -0.4 is 0 Å². The molecule has 4 heteroatoms. The summed E-state index contributed by atoms with van der Waals surface area (Å²) in [5, 5.41) is 9.29. The highest BCUT2D eigenvalue weighted by molar-refractivity contribution is 5.81. The van der Waals surface area contributed by atoms with Crippen LogP contribution in [0.25, 0.3) is 0 Å². The van der Waals surface area contributed by atoms with Gasteiger partial charge in [0.25, 0.3) is 0 Å². The van der Waals surface area contributed by atoms with Crippen molar-refractivity contribution in [3.05, 3.63) is 12.2 Å². The van der Waals surface area contributed by atoms with Crippen molar-refractivity contribution in [1.29, 1.82) is 0 Å². The van der Waals surface area contributed by atoms with Crippen LogP contribution in [0.15, 0.2) is 12.2 Å². The van der Waals surface area contributed by atoms with Crippen molar-refractivity contribution in [3.8, 4) is 0 Å². The Hall–Kier alpha value is -0.870. The first-order valence-corrected chi connectivity index (χ1v) is 5.96. The van der Waals surface area contributed by atoms with Crippen molar-refractivity contribution < 1.29 is 14.6 Å². The number of nitrogens with zero attached hydrogens (tertiary/aromatic N) is 1. The van der Waals surface area contributed by atoms with Gasteiger partial charge in [0.2, 0.25) is 0 Å². The van der Waals surface area contributed by atoms with Gasteiger partial charge in [-0.25, -0.2) is 4.79 Å². The molecule has 16 heavy (non-hydrogen) atoms. The van der Waals surface area contributed by atoms with Gasteiger partial charge in [-0.15, -0.1) is 0 Å². The lowest BCUT2D eigenvalue weighted by atomic mass is 10.3. The number of hydrogen-bond acceptors (Lipinski definition) is 4. The highest BCUT2D eigenvalue weighted by atomic mass is 16.5. The number of aliphatic hydroxyl groups excluding tert-OH is 1. The first-order valence-electron chi connectivity index (χ1n) is 5.96. The maximum absolute atomic E-state index is 11.2. The molecule has 92 valence electrons. The Kier molecular flexibility index (Phi) is 6.11. The molecule has 1 aliphatic rings. The summed E-state index contributed by atoms with van der Waals surface area (Å²) >= 11 is 0. The van der Waals surface area contributed by atoms with Crippen molar-refractivity contribution in [1.82, 2.24) is 4.90 Å². The van der Waals surface area contributed by atoms with Crippen LogP contribution in [0.2, 0.25) is 0 Å². The molecule has 0 aliphatic carbocycles. The van der Waals surface area contributed by atoms with Gasteiger partial charge in [-0.2, -0.15) is 0 Å². The largest absolute Gasteiger partial charge is 0.463 e. The average Bonchev–Trinajstić information content (AvgIpc) is 2.65. The highest BCUT2D eigenvalue weighted by Gasteiger charge is 2.18. The molecule has 1 N–H and O–H groups in total. The van der Waals surface area contributed by atoms with Crippen LogP contribution in [-0.2, 0) is 9.53 Å². The topological polar surface area (TPSA) is 49.8 Å². The number of β-amino-alcohol motifs (C(OH)–C–C–N with tert-alkyl or cyclic N) is 1. The summed E-state index contributed by atoms with van der Waals surface area (Å²) in [6, 6.07) is 0. The lowest BCUT2D eigenvalue weighted by Gasteiger charge is -2.10. The van der Waals surface area contributed by atoms with E-state index >= 15 is 0 Å². The van der Waals surface area contributed by atoms with Gasteiger partial charge in [-0.1, -0.05) is 19.4 Å². The Morgan fingerprint density at radius 3 is 3.06 bits per heavy atom. The number of carbonyl (C=O) groups excluding carboxylic acids is 1. The second-order valence-electron chi connectivity index (χ2n) is 4.13. The SMILES string of the molecule is CCCCOC(=O)/C=C/CN1CC[C@H](O)C1. The molecule has 1 fully saturated rings. The molecule has 0 aromatic carbocycles. The van der Waals surface area contributed by atoms with Crippen LogP contribution in [0.1, 0.15) is 26.2 Å². The number of hydrogen-bond donors (Lipinski definition) is 1. The Labute approximate surface area is 96.9 Å². The standard InChI is InChI=1S/C12H21NO3/c1-2-3-9-16-12(15)5-4-7-13-8-6-11(14)10-13/h4-5,11,14H,2-3,6-10H2,1H3/b5-4+/t11-/m0/s1. The quantitative estimate of drug-likeness (QED) is 0.417. The molecule has 1 rings (SSSR count). The molecule has 0 aromatic rings. The molecule has 0 spiro atoms. The summed E-state index contributed by atoms with van der Waals surface area (Å²) < 4.78 is 4.97. The maximum Gasteiger partial charge on any atom is 0.330 e. The summed E-state index contributed by atoms with van der Waals surface area (Å²) in [5.74, 6) is -0.270. The van der Waals surface area contributed by atoms with Gasteiger partial charge in [0.05, 0.1) is 12.7 Å². The molecular formula is C12H21NO3. The molecule has 0 unspecified atom stereocenters. The molecule has 0 saturated carbocycles. The molecule has 0 amide bonds. The molecular weight excluding hydrogens is 206 g/mol. The predicted molar refractivity (Wildman–Crippen MR) is 62.1 cm³/mol. The molecule has 0 radical (unpaired) electrons. The molecule has 4 nitrogen and oxygen atoms in total. The van der Waals surface area contributed by atoms with E-state index in [-0.39, 0.29) is 12.1 Å². The normalized spacial score (nSPS) is 21.8. The minimum Gasteiger partial charge on any atom is -0.463 e. The molecule has 0 aromatic heterocycles. The molecule has 1 saturated heterocycles. The summed E-state index contributed by atoms with van der Waals surface area (Å²) in [4.78, 5) is 13.3. The van der Waals surface area contributed by atoms with Crippen molar-refractivity contribution in [2.24, 2.45) is 0 Å². The maximum atomic E-state index is 11.2. The zero-order chi connectivity index (χ0) is 11.8.